The molecular weight excluding hydrogens is 475 g/mol. The number of amides is 2. The zero-order chi connectivity index (χ0) is 23.4. The van der Waals surface area contributed by atoms with Gasteiger partial charge in [0.15, 0.2) is 0 Å². The highest BCUT2D eigenvalue weighted by atomic mass is 79.9. The van der Waals surface area contributed by atoms with Crippen molar-refractivity contribution >= 4 is 45.1 Å². The fourth-order valence-electron chi connectivity index (χ4n) is 4.07. The molecule has 0 fully saturated rings. The van der Waals surface area contributed by atoms with Gasteiger partial charge in [-0.2, -0.15) is 0 Å². The second kappa shape index (κ2) is 10.4. The first kappa shape index (κ1) is 24.2. The lowest BCUT2D eigenvalue weighted by Gasteiger charge is -2.15. The summed E-state index contributed by atoms with van der Waals surface area (Å²) in [5.74, 6) is -0.836. The van der Waals surface area contributed by atoms with Crippen molar-refractivity contribution in [3.05, 3.63) is 50.5 Å². The van der Waals surface area contributed by atoms with Crippen LogP contribution in [-0.2, 0) is 11.2 Å². The van der Waals surface area contributed by atoms with Gasteiger partial charge in [-0.3, -0.25) is 9.59 Å². The van der Waals surface area contributed by atoms with Crippen LogP contribution in [0.25, 0.3) is 11.6 Å². The second-order valence-electron chi connectivity index (χ2n) is 7.87. The number of anilines is 1. The van der Waals surface area contributed by atoms with E-state index >= 15 is 0 Å². The van der Waals surface area contributed by atoms with Crippen LogP contribution in [0.1, 0.15) is 60.1 Å². The third kappa shape index (κ3) is 4.96. The van der Waals surface area contributed by atoms with Gasteiger partial charge in [-0.1, -0.05) is 20.8 Å². The van der Waals surface area contributed by atoms with Crippen LogP contribution in [0.15, 0.2) is 16.6 Å². The Labute approximate surface area is 196 Å². The monoisotopic (exact) mass is 504 g/mol. The molecule has 0 saturated carbocycles. The number of hydrogen-bond donors (Lipinski definition) is 3. The van der Waals surface area contributed by atoms with Crippen LogP contribution in [0, 0.1) is 12.7 Å². The second-order valence-corrected chi connectivity index (χ2v) is 8.73. The van der Waals surface area contributed by atoms with Crippen molar-refractivity contribution in [2.24, 2.45) is 0 Å². The van der Waals surface area contributed by atoms with Gasteiger partial charge in [0.1, 0.15) is 5.82 Å². The van der Waals surface area contributed by atoms with Gasteiger partial charge in [0, 0.05) is 34.4 Å². The fraction of sp³-hybridized carbons (Fsp3) is 0.417. The van der Waals surface area contributed by atoms with Gasteiger partial charge >= 0.3 is 0 Å². The molecule has 3 heterocycles. The highest BCUT2D eigenvalue weighted by Gasteiger charge is 2.29. The quantitative estimate of drug-likeness (QED) is 0.514. The van der Waals surface area contributed by atoms with E-state index in [1.54, 1.807) is 6.08 Å². The van der Waals surface area contributed by atoms with Crippen molar-refractivity contribution in [3.8, 4) is 0 Å². The molecule has 2 aliphatic rings. The fourth-order valence-corrected chi connectivity index (χ4v) is 4.60. The Morgan fingerprint density at radius 3 is 2.47 bits per heavy atom. The lowest BCUT2D eigenvalue weighted by molar-refractivity contribution is -0.110. The molecule has 4 rings (SSSR count). The highest BCUT2D eigenvalue weighted by molar-refractivity contribution is 9.10. The normalized spacial score (nSPS) is 15.8. The van der Waals surface area contributed by atoms with Gasteiger partial charge in [-0.15, -0.1) is 0 Å². The van der Waals surface area contributed by atoms with E-state index in [0.29, 0.717) is 45.5 Å². The molecule has 1 aromatic carbocycles. The van der Waals surface area contributed by atoms with Gasteiger partial charge in [0.2, 0.25) is 0 Å². The Bertz CT molecular complexity index is 1060. The molecule has 0 aliphatic carbocycles. The van der Waals surface area contributed by atoms with E-state index in [-0.39, 0.29) is 11.8 Å². The molecule has 2 aromatic rings. The first-order valence-electron chi connectivity index (χ1n) is 11.0. The van der Waals surface area contributed by atoms with Gasteiger partial charge in [0.25, 0.3) is 11.8 Å². The molecule has 8 heteroatoms. The number of carbonyl (C=O) groups excluding carboxylic acids is 2. The van der Waals surface area contributed by atoms with E-state index in [4.69, 9.17) is 0 Å². The maximum Gasteiger partial charge on any atom is 0.256 e. The number of aromatic nitrogens is 1. The maximum atomic E-state index is 13.7. The summed E-state index contributed by atoms with van der Waals surface area (Å²) in [5.41, 5.74) is 4.39. The molecule has 0 spiro atoms. The van der Waals surface area contributed by atoms with Crippen molar-refractivity contribution in [2.75, 3.05) is 31.5 Å². The van der Waals surface area contributed by atoms with E-state index < -0.39 is 5.82 Å². The smallest absolute Gasteiger partial charge is 0.256 e. The van der Waals surface area contributed by atoms with Crippen molar-refractivity contribution in [1.29, 1.82) is 0 Å². The molecule has 0 atom stereocenters. The molecular formula is C24H30BrFN4O2. The summed E-state index contributed by atoms with van der Waals surface area (Å²) < 4.78 is 14.2. The van der Waals surface area contributed by atoms with E-state index in [0.717, 1.165) is 11.3 Å². The van der Waals surface area contributed by atoms with Crippen LogP contribution in [0.2, 0.25) is 0 Å². The number of fused-ring (bicyclic) bond motifs is 2. The zero-order valence-electron chi connectivity index (χ0n) is 19.0. The van der Waals surface area contributed by atoms with Crippen molar-refractivity contribution < 1.29 is 14.0 Å². The SMILES string of the molecule is CCCN(CC)CC.Cc1c(/C=C2\C(=O)Nc3c(Br)cc(F)cc32)[nH]c2c1C(=O)NCC2. The standard InChI is InChI=1S/C17H13BrFN3O2.C7H17N/c1-7-13(21-12-2-3-20-17(24)14(7)12)6-10-9-4-8(19)5-11(18)15(9)22-16(10)23;1-4-7-8(5-2)6-3/h4-6,21H,2-3H2,1H3,(H,20,24)(H,22,23);4-7H2,1-3H3/b10-6-;. The number of rotatable bonds is 5. The molecule has 172 valence electrons. The highest BCUT2D eigenvalue weighted by Crippen LogP contribution is 2.39. The third-order valence-electron chi connectivity index (χ3n) is 5.81. The number of hydrogen-bond acceptors (Lipinski definition) is 3. The molecule has 3 N–H and O–H groups in total. The zero-order valence-corrected chi connectivity index (χ0v) is 20.6. The van der Waals surface area contributed by atoms with Crippen molar-refractivity contribution in [3.63, 3.8) is 0 Å². The van der Waals surface area contributed by atoms with E-state index in [1.807, 2.05) is 6.92 Å². The number of nitrogens with zero attached hydrogens (tertiary/aromatic N) is 1. The Hall–Kier alpha value is -2.45. The number of aromatic amines is 1. The largest absolute Gasteiger partial charge is 0.358 e. The summed E-state index contributed by atoms with van der Waals surface area (Å²) in [7, 11) is 0. The minimum atomic E-state index is -0.426. The van der Waals surface area contributed by atoms with Crippen LogP contribution in [0.5, 0.6) is 0 Å². The lowest BCUT2D eigenvalue weighted by atomic mass is 10.0. The molecule has 6 nitrogen and oxygen atoms in total. The number of nitrogens with one attached hydrogen (secondary N) is 3. The van der Waals surface area contributed by atoms with Crippen molar-refractivity contribution in [2.45, 2.75) is 40.5 Å². The first-order chi connectivity index (χ1) is 15.3. The predicted molar refractivity (Wildman–Crippen MR) is 130 cm³/mol. The summed E-state index contributed by atoms with van der Waals surface area (Å²) in [4.78, 5) is 30.0. The Morgan fingerprint density at radius 1 is 1.16 bits per heavy atom. The van der Waals surface area contributed by atoms with Crippen LogP contribution in [0.4, 0.5) is 10.1 Å². The maximum absolute atomic E-state index is 13.7. The Kier molecular flexibility index (Phi) is 7.90. The minimum absolute atomic E-state index is 0.111. The topological polar surface area (TPSA) is 77.2 Å². The van der Waals surface area contributed by atoms with Gasteiger partial charge in [-0.25, -0.2) is 4.39 Å². The van der Waals surface area contributed by atoms with E-state index in [2.05, 4.69) is 57.2 Å². The number of halogens is 2. The molecule has 32 heavy (non-hydrogen) atoms. The van der Waals surface area contributed by atoms with Gasteiger partial charge < -0.3 is 20.5 Å². The molecule has 1 aromatic heterocycles. The predicted octanol–water partition coefficient (Wildman–Crippen LogP) is 4.74. The van der Waals surface area contributed by atoms with Gasteiger partial charge in [-0.05, 0) is 72.7 Å². The number of H-pyrrole nitrogens is 1. The molecule has 2 aliphatic heterocycles. The first-order valence-corrected chi connectivity index (χ1v) is 11.8. The molecule has 0 unspecified atom stereocenters. The summed E-state index contributed by atoms with van der Waals surface area (Å²) in [5, 5.41) is 5.55. The van der Waals surface area contributed by atoms with E-state index in [9.17, 15) is 14.0 Å². The number of carbonyl (C=O) groups is 2. The third-order valence-corrected chi connectivity index (χ3v) is 6.43. The molecule has 0 radical (unpaired) electrons. The van der Waals surface area contributed by atoms with Crippen LogP contribution in [0.3, 0.4) is 0 Å². The van der Waals surface area contributed by atoms with Gasteiger partial charge in [0.05, 0.1) is 16.8 Å². The summed E-state index contributed by atoms with van der Waals surface area (Å²) in [6.07, 6.45) is 3.67. The molecule has 2 amide bonds. The Balaban J connectivity index is 0.000000312. The summed E-state index contributed by atoms with van der Waals surface area (Å²) >= 11 is 3.26. The lowest BCUT2D eigenvalue weighted by Crippen LogP contribution is -2.31. The summed E-state index contributed by atoms with van der Waals surface area (Å²) in [6, 6.07) is 2.64. The molecule has 0 bridgehead atoms. The average molecular weight is 505 g/mol. The van der Waals surface area contributed by atoms with Crippen LogP contribution in [-0.4, -0.2) is 47.9 Å². The van der Waals surface area contributed by atoms with Crippen LogP contribution < -0.4 is 10.6 Å². The minimum Gasteiger partial charge on any atom is -0.358 e. The summed E-state index contributed by atoms with van der Waals surface area (Å²) in [6.45, 7) is 12.7. The van der Waals surface area contributed by atoms with Crippen LogP contribution >= 0.6 is 15.9 Å². The average Bonchev–Trinajstić information content (AvgIpc) is 3.25. The molecule has 0 saturated heterocycles. The van der Waals surface area contributed by atoms with Crippen molar-refractivity contribution in [1.82, 2.24) is 15.2 Å². The number of benzene rings is 1. The Morgan fingerprint density at radius 2 is 1.88 bits per heavy atom. The van der Waals surface area contributed by atoms with E-state index in [1.165, 1.54) is 38.2 Å².